The van der Waals surface area contributed by atoms with E-state index in [-0.39, 0.29) is 18.5 Å². The Morgan fingerprint density at radius 1 is 1.33 bits per heavy atom. The molecule has 1 aliphatic rings. The molecule has 3 N–H and O–H groups in total. The highest BCUT2D eigenvalue weighted by atomic mass is 19.1. The van der Waals surface area contributed by atoms with E-state index in [9.17, 15) is 4.39 Å². The van der Waals surface area contributed by atoms with Gasteiger partial charge in [0.05, 0.1) is 6.61 Å². The molecule has 0 amide bonds. The van der Waals surface area contributed by atoms with Crippen molar-refractivity contribution in [2.45, 2.75) is 18.9 Å². The maximum Gasteiger partial charge on any atom is 0.123 e. The van der Waals surface area contributed by atoms with Crippen molar-refractivity contribution in [2.75, 3.05) is 26.2 Å². The first-order valence-corrected chi connectivity index (χ1v) is 6.50. The molecule has 18 heavy (non-hydrogen) atoms. The van der Waals surface area contributed by atoms with Crippen LogP contribution < -0.4 is 5.73 Å². The Kier molecular flexibility index (Phi) is 4.69. The quantitative estimate of drug-likeness (QED) is 0.794. The summed E-state index contributed by atoms with van der Waals surface area (Å²) < 4.78 is 12.8. The molecular formula is C14H21FN2O. The Bertz CT molecular complexity index is 363. The normalized spacial score (nSPS) is 18.6. The zero-order valence-corrected chi connectivity index (χ0v) is 10.6. The topological polar surface area (TPSA) is 49.5 Å². The molecule has 4 heteroatoms. The molecule has 0 radical (unpaired) electrons. The van der Waals surface area contributed by atoms with E-state index in [1.807, 2.05) is 12.1 Å². The number of aliphatic hydroxyl groups is 1. The van der Waals surface area contributed by atoms with Gasteiger partial charge in [-0.15, -0.1) is 0 Å². The van der Waals surface area contributed by atoms with Gasteiger partial charge in [0, 0.05) is 19.1 Å². The van der Waals surface area contributed by atoms with Crippen LogP contribution in [0.15, 0.2) is 24.3 Å². The number of halogens is 1. The Morgan fingerprint density at radius 2 is 2.00 bits per heavy atom. The molecule has 100 valence electrons. The van der Waals surface area contributed by atoms with Crippen molar-refractivity contribution < 1.29 is 9.50 Å². The van der Waals surface area contributed by atoms with Crippen molar-refractivity contribution in [3.05, 3.63) is 35.6 Å². The second-order valence-electron chi connectivity index (χ2n) is 5.19. The number of nitrogens with two attached hydrogens (primary N) is 1. The van der Waals surface area contributed by atoms with Gasteiger partial charge in [0.25, 0.3) is 0 Å². The van der Waals surface area contributed by atoms with Crippen LogP contribution in [0.5, 0.6) is 0 Å². The van der Waals surface area contributed by atoms with Crippen LogP contribution in [0.4, 0.5) is 4.39 Å². The molecule has 0 spiro atoms. The molecule has 1 heterocycles. The van der Waals surface area contributed by atoms with Crippen LogP contribution in [0.2, 0.25) is 0 Å². The zero-order chi connectivity index (χ0) is 13.0. The number of rotatable bonds is 6. The van der Waals surface area contributed by atoms with E-state index in [0.29, 0.717) is 5.92 Å². The number of nitrogens with zero attached hydrogens (tertiary/aromatic N) is 1. The largest absolute Gasteiger partial charge is 0.395 e. The molecule has 1 aliphatic heterocycles. The zero-order valence-electron chi connectivity index (χ0n) is 10.6. The highest BCUT2D eigenvalue weighted by Crippen LogP contribution is 2.20. The van der Waals surface area contributed by atoms with Crippen LogP contribution in [0, 0.1) is 11.7 Å². The summed E-state index contributed by atoms with van der Waals surface area (Å²) in [5, 5.41) is 8.83. The van der Waals surface area contributed by atoms with Gasteiger partial charge in [-0.3, -0.25) is 0 Å². The minimum atomic E-state index is -0.174. The van der Waals surface area contributed by atoms with Crippen molar-refractivity contribution in [1.82, 2.24) is 4.90 Å². The average Bonchev–Trinajstić information content (AvgIpc) is 2.33. The Labute approximate surface area is 107 Å². The summed E-state index contributed by atoms with van der Waals surface area (Å²) in [6, 6.07) is 6.67. The molecular weight excluding hydrogens is 231 g/mol. The van der Waals surface area contributed by atoms with Crippen molar-refractivity contribution >= 4 is 0 Å². The fourth-order valence-corrected chi connectivity index (χ4v) is 2.38. The maximum atomic E-state index is 12.8. The molecule has 0 aliphatic carbocycles. The van der Waals surface area contributed by atoms with E-state index in [2.05, 4.69) is 4.90 Å². The molecule has 3 nitrogen and oxygen atoms in total. The van der Waals surface area contributed by atoms with Crippen molar-refractivity contribution in [2.24, 2.45) is 11.7 Å². The lowest BCUT2D eigenvalue weighted by Crippen LogP contribution is -2.49. The fourth-order valence-electron chi connectivity index (χ4n) is 2.38. The second-order valence-corrected chi connectivity index (χ2v) is 5.19. The van der Waals surface area contributed by atoms with E-state index in [4.69, 9.17) is 10.8 Å². The fraction of sp³-hybridized carbons (Fsp3) is 0.571. The Balaban J connectivity index is 1.65. The van der Waals surface area contributed by atoms with Gasteiger partial charge in [-0.1, -0.05) is 12.1 Å². The predicted molar refractivity (Wildman–Crippen MR) is 69.7 cm³/mol. The molecule has 1 aromatic carbocycles. The molecule has 0 saturated carbocycles. The number of hydrogen-bond donors (Lipinski definition) is 2. The Hall–Kier alpha value is -0.970. The lowest BCUT2D eigenvalue weighted by molar-refractivity contribution is 0.0937. The summed E-state index contributed by atoms with van der Waals surface area (Å²) in [5.41, 5.74) is 6.86. The first-order chi connectivity index (χ1) is 8.67. The first-order valence-electron chi connectivity index (χ1n) is 6.50. The molecule has 1 aromatic rings. The van der Waals surface area contributed by atoms with Gasteiger partial charge in [-0.2, -0.15) is 0 Å². The SMILES string of the molecule is N[C@H](CO)CCN1CC(Cc2ccc(F)cc2)C1. The number of likely N-dealkylation sites (tertiary alicyclic amines) is 1. The smallest absolute Gasteiger partial charge is 0.123 e. The third-order valence-electron chi connectivity index (χ3n) is 3.52. The van der Waals surface area contributed by atoms with Crippen LogP contribution in [-0.2, 0) is 6.42 Å². The second kappa shape index (κ2) is 6.27. The van der Waals surface area contributed by atoms with Gasteiger partial charge in [0.2, 0.25) is 0 Å². The summed E-state index contributed by atoms with van der Waals surface area (Å²) in [7, 11) is 0. The van der Waals surface area contributed by atoms with Gasteiger partial charge in [-0.05, 0) is 43.0 Å². The summed E-state index contributed by atoms with van der Waals surface area (Å²) in [6.45, 7) is 3.18. The van der Waals surface area contributed by atoms with Crippen LogP contribution in [0.25, 0.3) is 0 Å². The summed E-state index contributed by atoms with van der Waals surface area (Å²) in [6.07, 6.45) is 1.86. The minimum Gasteiger partial charge on any atom is -0.395 e. The molecule has 0 bridgehead atoms. The third-order valence-corrected chi connectivity index (χ3v) is 3.52. The Morgan fingerprint density at radius 3 is 2.61 bits per heavy atom. The van der Waals surface area contributed by atoms with Crippen molar-refractivity contribution in [3.63, 3.8) is 0 Å². The van der Waals surface area contributed by atoms with E-state index < -0.39 is 0 Å². The van der Waals surface area contributed by atoms with E-state index in [1.54, 1.807) is 0 Å². The van der Waals surface area contributed by atoms with Gasteiger partial charge < -0.3 is 15.7 Å². The standard InChI is InChI=1S/C14H21FN2O/c15-13-3-1-11(2-4-13)7-12-8-17(9-12)6-5-14(16)10-18/h1-4,12,14,18H,5-10,16H2/t14-/m0/s1. The molecule has 1 fully saturated rings. The van der Waals surface area contributed by atoms with Crippen LogP contribution >= 0.6 is 0 Å². The van der Waals surface area contributed by atoms with Crippen LogP contribution in [0.3, 0.4) is 0 Å². The van der Waals surface area contributed by atoms with Crippen molar-refractivity contribution in [3.8, 4) is 0 Å². The monoisotopic (exact) mass is 252 g/mol. The molecule has 1 saturated heterocycles. The lowest BCUT2D eigenvalue weighted by atomic mass is 9.92. The number of hydrogen-bond acceptors (Lipinski definition) is 3. The molecule has 0 aromatic heterocycles. The maximum absolute atomic E-state index is 12.8. The van der Waals surface area contributed by atoms with Gasteiger partial charge in [0.1, 0.15) is 5.82 Å². The minimum absolute atomic E-state index is 0.0623. The first kappa shape index (κ1) is 13.5. The third kappa shape index (κ3) is 3.77. The van der Waals surface area contributed by atoms with E-state index in [0.717, 1.165) is 32.5 Å². The van der Waals surface area contributed by atoms with Gasteiger partial charge in [0.15, 0.2) is 0 Å². The summed E-state index contributed by atoms with van der Waals surface area (Å²) in [5.74, 6) is 0.493. The summed E-state index contributed by atoms with van der Waals surface area (Å²) in [4.78, 5) is 2.35. The lowest BCUT2D eigenvalue weighted by Gasteiger charge is -2.40. The van der Waals surface area contributed by atoms with E-state index >= 15 is 0 Å². The highest BCUT2D eigenvalue weighted by molar-refractivity contribution is 5.17. The summed E-state index contributed by atoms with van der Waals surface area (Å²) >= 11 is 0. The molecule has 2 rings (SSSR count). The van der Waals surface area contributed by atoms with E-state index in [1.165, 1.54) is 17.7 Å². The average molecular weight is 252 g/mol. The molecule has 1 atom stereocenters. The number of aliphatic hydroxyl groups excluding tert-OH is 1. The number of benzene rings is 1. The van der Waals surface area contributed by atoms with Gasteiger partial charge >= 0.3 is 0 Å². The van der Waals surface area contributed by atoms with Crippen molar-refractivity contribution in [1.29, 1.82) is 0 Å². The molecule has 0 unspecified atom stereocenters. The van der Waals surface area contributed by atoms with Gasteiger partial charge in [-0.25, -0.2) is 4.39 Å². The van der Waals surface area contributed by atoms with Crippen LogP contribution in [-0.4, -0.2) is 42.3 Å². The van der Waals surface area contributed by atoms with Crippen LogP contribution in [0.1, 0.15) is 12.0 Å². The highest BCUT2D eigenvalue weighted by Gasteiger charge is 2.26. The predicted octanol–water partition coefficient (Wildman–Crippen LogP) is 1.01.